The molecule has 1 aliphatic rings. The van der Waals surface area contributed by atoms with Gasteiger partial charge in [0.1, 0.15) is 0 Å². The highest BCUT2D eigenvalue weighted by molar-refractivity contribution is 6.32. The average molecular weight is 299 g/mol. The third kappa shape index (κ3) is 3.57. The van der Waals surface area contributed by atoms with E-state index >= 15 is 0 Å². The van der Waals surface area contributed by atoms with Crippen LogP contribution in [0.2, 0.25) is 5.02 Å². The van der Waals surface area contributed by atoms with Crippen molar-refractivity contribution in [1.29, 1.82) is 0 Å². The average Bonchev–Trinajstić information content (AvgIpc) is 2.55. The zero-order chi connectivity index (χ0) is 14.7. The largest absolute Gasteiger partial charge is 0.503 e. The Morgan fingerprint density at radius 2 is 2.15 bits per heavy atom. The molecule has 0 aliphatic carbocycles. The van der Waals surface area contributed by atoms with E-state index in [1.807, 2.05) is 12.1 Å². The summed E-state index contributed by atoms with van der Waals surface area (Å²) in [5.74, 6) is 0.452. The maximum absolute atomic E-state index is 9.78. The monoisotopic (exact) mass is 298 g/mol. The lowest BCUT2D eigenvalue weighted by atomic mass is 10.1. The molecular weight excluding hydrogens is 276 g/mol. The van der Waals surface area contributed by atoms with Crippen LogP contribution in [0, 0.1) is 0 Å². The number of rotatable bonds is 3. The van der Waals surface area contributed by atoms with Crippen LogP contribution in [-0.4, -0.2) is 54.7 Å². The number of aromatic hydroxyl groups is 1. The van der Waals surface area contributed by atoms with Gasteiger partial charge in [-0.15, -0.1) is 0 Å². The molecule has 0 aromatic heterocycles. The highest BCUT2D eigenvalue weighted by Crippen LogP contribution is 2.35. The Morgan fingerprint density at radius 3 is 2.85 bits per heavy atom. The first-order chi connectivity index (χ1) is 9.51. The van der Waals surface area contributed by atoms with Crippen LogP contribution in [0.1, 0.15) is 18.9 Å². The Hall–Kier alpha value is -0.970. The minimum atomic E-state index is 0.0153. The fraction of sp³-hybridized carbons (Fsp3) is 0.600. The van der Waals surface area contributed by atoms with E-state index in [-0.39, 0.29) is 5.75 Å². The zero-order valence-electron chi connectivity index (χ0n) is 12.4. The number of hydrogen-bond acceptors (Lipinski definition) is 4. The minimum absolute atomic E-state index is 0.0153. The van der Waals surface area contributed by atoms with E-state index in [9.17, 15) is 5.11 Å². The smallest absolute Gasteiger partial charge is 0.176 e. The van der Waals surface area contributed by atoms with Crippen molar-refractivity contribution >= 4 is 11.6 Å². The van der Waals surface area contributed by atoms with E-state index in [1.165, 1.54) is 6.42 Å². The Morgan fingerprint density at radius 1 is 1.40 bits per heavy atom. The van der Waals surface area contributed by atoms with Crippen molar-refractivity contribution in [2.45, 2.75) is 25.9 Å². The van der Waals surface area contributed by atoms with Crippen molar-refractivity contribution in [3.8, 4) is 11.5 Å². The molecule has 1 heterocycles. The molecule has 112 valence electrons. The number of phenols is 1. The third-order valence-electron chi connectivity index (χ3n) is 3.88. The fourth-order valence-corrected chi connectivity index (χ4v) is 3.00. The molecule has 0 amide bonds. The maximum Gasteiger partial charge on any atom is 0.176 e. The van der Waals surface area contributed by atoms with Crippen molar-refractivity contribution in [2.75, 3.05) is 33.8 Å². The molecule has 0 spiro atoms. The van der Waals surface area contributed by atoms with E-state index in [0.29, 0.717) is 16.8 Å². The summed E-state index contributed by atoms with van der Waals surface area (Å²) in [5, 5.41) is 10.1. The molecule has 1 aliphatic heterocycles. The van der Waals surface area contributed by atoms with Crippen molar-refractivity contribution in [3.05, 3.63) is 22.7 Å². The third-order valence-corrected chi connectivity index (χ3v) is 4.17. The first-order valence-electron chi connectivity index (χ1n) is 6.99. The van der Waals surface area contributed by atoms with Gasteiger partial charge < -0.3 is 14.7 Å². The molecule has 1 atom stereocenters. The molecule has 1 N–H and O–H groups in total. The van der Waals surface area contributed by atoms with E-state index in [4.69, 9.17) is 16.3 Å². The van der Waals surface area contributed by atoms with Gasteiger partial charge in [0.25, 0.3) is 0 Å². The molecule has 1 aromatic rings. The van der Waals surface area contributed by atoms with Gasteiger partial charge in [0, 0.05) is 25.7 Å². The van der Waals surface area contributed by atoms with Gasteiger partial charge in [0.05, 0.1) is 12.1 Å². The predicted molar refractivity (Wildman–Crippen MR) is 81.7 cm³/mol. The molecule has 1 saturated heterocycles. The molecule has 5 heteroatoms. The molecule has 1 unspecified atom stereocenters. The van der Waals surface area contributed by atoms with Crippen molar-refractivity contribution in [3.63, 3.8) is 0 Å². The van der Waals surface area contributed by atoms with Crippen LogP contribution >= 0.6 is 11.6 Å². The van der Waals surface area contributed by atoms with Gasteiger partial charge in [0.2, 0.25) is 0 Å². The molecular formula is C15H23ClN2O2. The van der Waals surface area contributed by atoms with Crippen LogP contribution in [0.15, 0.2) is 12.1 Å². The van der Waals surface area contributed by atoms with Gasteiger partial charge in [-0.2, -0.15) is 0 Å². The predicted octanol–water partition coefficient (Wildman–Crippen LogP) is 2.58. The van der Waals surface area contributed by atoms with Crippen molar-refractivity contribution in [1.82, 2.24) is 9.80 Å². The summed E-state index contributed by atoms with van der Waals surface area (Å²) in [6.45, 7) is 6.36. The van der Waals surface area contributed by atoms with Gasteiger partial charge in [-0.1, -0.05) is 11.6 Å². The summed E-state index contributed by atoms with van der Waals surface area (Å²) in [6.07, 6.45) is 1.17. The van der Waals surface area contributed by atoms with Crippen LogP contribution in [-0.2, 0) is 6.54 Å². The van der Waals surface area contributed by atoms with Crippen LogP contribution in [0.5, 0.6) is 11.5 Å². The second kappa shape index (κ2) is 6.66. The molecule has 1 fully saturated rings. The van der Waals surface area contributed by atoms with Gasteiger partial charge in [-0.3, -0.25) is 4.90 Å². The highest BCUT2D eigenvalue weighted by atomic mass is 35.5. The van der Waals surface area contributed by atoms with Gasteiger partial charge >= 0.3 is 0 Å². The number of halogens is 1. The van der Waals surface area contributed by atoms with Crippen molar-refractivity contribution < 1.29 is 9.84 Å². The zero-order valence-corrected chi connectivity index (χ0v) is 13.2. The lowest BCUT2D eigenvalue weighted by Gasteiger charge is -2.28. The molecule has 0 saturated carbocycles. The fourth-order valence-electron chi connectivity index (χ4n) is 2.77. The Kier molecular flexibility index (Phi) is 5.13. The summed E-state index contributed by atoms with van der Waals surface area (Å²) in [4.78, 5) is 4.82. The van der Waals surface area contributed by atoms with E-state index in [1.54, 1.807) is 7.11 Å². The number of phenolic OH excluding ortho intramolecular Hbond substituents is 1. The number of methoxy groups -OCH3 is 1. The molecule has 0 radical (unpaired) electrons. The number of likely N-dealkylation sites (N-methyl/N-ethyl adjacent to an activating group) is 1. The van der Waals surface area contributed by atoms with Crippen LogP contribution in [0.3, 0.4) is 0 Å². The molecule has 1 aromatic carbocycles. The van der Waals surface area contributed by atoms with Crippen LogP contribution in [0.4, 0.5) is 0 Å². The highest BCUT2D eigenvalue weighted by Gasteiger charge is 2.20. The summed E-state index contributed by atoms with van der Waals surface area (Å²) in [6, 6.07) is 4.18. The Balaban J connectivity index is 2.14. The molecule has 4 nitrogen and oxygen atoms in total. The lowest BCUT2D eigenvalue weighted by Crippen LogP contribution is -2.37. The second-order valence-corrected chi connectivity index (χ2v) is 5.97. The normalized spacial score (nSPS) is 21.7. The van der Waals surface area contributed by atoms with Gasteiger partial charge in [-0.25, -0.2) is 0 Å². The van der Waals surface area contributed by atoms with Crippen LogP contribution < -0.4 is 4.74 Å². The van der Waals surface area contributed by atoms with E-state index in [2.05, 4.69) is 23.8 Å². The molecule has 20 heavy (non-hydrogen) atoms. The first kappa shape index (κ1) is 15.4. The first-order valence-corrected chi connectivity index (χ1v) is 7.37. The number of benzene rings is 1. The number of ether oxygens (including phenoxy) is 1. The van der Waals surface area contributed by atoms with Crippen LogP contribution in [0.25, 0.3) is 0 Å². The van der Waals surface area contributed by atoms with E-state index in [0.717, 1.165) is 31.7 Å². The van der Waals surface area contributed by atoms with Gasteiger partial charge in [-0.05, 0) is 44.6 Å². The Labute approximate surface area is 125 Å². The van der Waals surface area contributed by atoms with E-state index < -0.39 is 0 Å². The minimum Gasteiger partial charge on any atom is -0.503 e. The standard InChI is InChI=1S/C15H23ClN2O2/c1-11-9-17(2)5-4-6-18(11)10-12-7-13(16)15(19)14(8-12)20-3/h7-8,11,19H,4-6,9-10H2,1-3H3. The summed E-state index contributed by atoms with van der Waals surface area (Å²) >= 11 is 6.05. The second-order valence-electron chi connectivity index (χ2n) is 5.56. The number of nitrogens with zero attached hydrogens (tertiary/aromatic N) is 2. The SMILES string of the molecule is COc1cc(CN2CCCN(C)CC2C)cc(Cl)c1O. The lowest BCUT2D eigenvalue weighted by molar-refractivity contribution is 0.194. The molecule has 0 bridgehead atoms. The number of hydrogen-bond donors (Lipinski definition) is 1. The topological polar surface area (TPSA) is 35.9 Å². The summed E-state index contributed by atoms with van der Waals surface area (Å²) < 4.78 is 5.16. The quantitative estimate of drug-likeness (QED) is 0.930. The van der Waals surface area contributed by atoms with Gasteiger partial charge in [0.15, 0.2) is 11.5 Å². The Bertz CT molecular complexity index is 467. The van der Waals surface area contributed by atoms with Crippen molar-refractivity contribution in [2.24, 2.45) is 0 Å². The maximum atomic E-state index is 9.78. The molecule has 2 rings (SSSR count). The summed E-state index contributed by atoms with van der Waals surface area (Å²) in [7, 11) is 3.71. The summed E-state index contributed by atoms with van der Waals surface area (Å²) in [5.41, 5.74) is 1.07.